The molecule has 2 aromatic rings. The second-order valence-corrected chi connectivity index (χ2v) is 7.48. The van der Waals surface area contributed by atoms with Gasteiger partial charge in [-0.25, -0.2) is 0 Å². The third-order valence-corrected chi connectivity index (χ3v) is 4.99. The van der Waals surface area contributed by atoms with Gasteiger partial charge in [0.2, 0.25) is 11.0 Å². The molecule has 0 aliphatic heterocycles. The van der Waals surface area contributed by atoms with Crippen LogP contribution in [-0.4, -0.2) is 41.6 Å². The van der Waals surface area contributed by atoms with E-state index in [1.807, 2.05) is 38.1 Å². The van der Waals surface area contributed by atoms with Gasteiger partial charge in [0.25, 0.3) is 0 Å². The molecule has 0 bridgehead atoms. The molecule has 6 nitrogen and oxygen atoms in total. The van der Waals surface area contributed by atoms with Crippen molar-refractivity contribution in [3.63, 3.8) is 0 Å². The zero-order valence-electron chi connectivity index (χ0n) is 13.3. The third kappa shape index (κ3) is 5.81. The fraction of sp³-hybridized carbons (Fsp3) is 0.400. The maximum absolute atomic E-state index is 12.2. The molecule has 2 rings (SSSR count). The van der Waals surface area contributed by atoms with E-state index in [4.69, 9.17) is 4.74 Å². The van der Waals surface area contributed by atoms with Crippen molar-refractivity contribution in [3.05, 3.63) is 29.8 Å². The van der Waals surface area contributed by atoms with Crippen molar-refractivity contribution < 1.29 is 9.53 Å². The summed E-state index contributed by atoms with van der Waals surface area (Å²) >= 11 is 2.83. The van der Waals surface area contributed by atoms with E-state index in [1.54, 1.807) is 7.11 Å². The number of thioether (sulfide) groups is 1. The molecular weight excluding hydrogens is 332 g/mol. The highest BCUT2D eigenvalue weighted by molar-refractivity contribution is 8.02. The molecule has 2 N–H and O–H groups in total. The first-order valence-electron chi connectivity index (χ1n) is 7.19. The summed E-state index contributed by atoms with van der Waals surface area (Å²) in [6.07, 6.45) is 0. The molecule has 0 radical (unpaired) electrons. The predicted octanol–water partition coefficient (Wildman–Crippen LogP) is 3.02. The number of amides is 1. The van der Waals surface area contributed by atoms with Gasteiger partial charge in [-0.15, -0.1) is 10.2 Å². The number of nitrogens with one attached hydrogen (secondary N) is 2. The number of ether oxygens (including phenoxy) is 1. The summed E-state index contributed by atoms with van der Waals surface area (Å²) in [7, 11) is 1.65. The molecule has 124 valence electrons. The van der Waals surface area contributed by atoms with E-state index in [2.05, 4.69) is 20.8 Å². The van der Waals surface area contributed by atoms with E-state index < -0.39 is 0 Å². The number of methoxy groups -OCH3 is 1. The Balaban J connectivity index is 1.85. The second kappa shape index (κ2) is 8.85. The number of aromatic nitrogens is 2. The van der Waals surface area contributed by atoms with Crippen LogP contribution < -0.4 is 10.6 Å². The smallest absolute Gasteiger partial charge is 0.237 e. The number of benzene rings is 1. The number of anilines is 2. The fourth-order valence-electron chi connectivity index (χ4n) is 1.76. The van der Waals surface area contributed by atoms with Crippen LogP contribution in [0.1, 0.15) is 12.5 Å². The summed E-state index contributed by atoms with van der Waals surface area (Å²) in [5, 5.41) is 14.6. The number of aryl methyl sites for hydroxylation is 1. The quantitative estimate of drug-likeness (QED) is 0.562. The molecule has 1 amide bonds. The molecule has 1 aromatic heterocycles. The van der Waals surface area contributed by atoms with E-state index in [1.165, 1.54) is 23.1 Å². The van der Waals surface area contributed by atoms with Crippen LogP contribution in [0.2, 0.25) is 0 Å². The van der Waals surface area contributed by atoms with Crippen LogP contribution >= 0.6 is 23.1 Å². The standard InChI is InChI=1S/C15H20N4O2S2/c1-10-5-4-6-12(9-10)17-13(20)11(2)22-15-19-18-14(23-15)16-7-8-21-3/h4-6,9,11H,7-8H2,1-3H3,(H,16,18)(H,17,20). The molecular formula is C15H20N4O2S2. The van der Waals surface area contributed by atoms with Gasteiger partial charge in [0, 0.05) is 19.3 Å². The van der Waals surface area contributed by atoms with Gasteiger partial charge in [-0.05, 0) is 31.5 Å². The van der Waals surface area contributed by atoms with Gasteiger partial charge in [0.1, 0.15) is 0 Å². The van der Waals surface area contributed by atoms with Crippen molar-refractivity contribution in [1.82, 2.24) is 10.2 Å². The largest absolute Gasteiger partial charge is 0.383 e. The van der Waals surface area contributed by atoms with Gasteiger partial charge < -0.3 is 15.4 Å². The maximum atomic E-state index is 12.2. The summed E-state index contributed by atoms with van der Waals surface area (Å²) in [6, 6.07) is 7.74. The van der Waals surface area contributed by atoms with E-state index in [-0.39, 0.29) is 11.2 Å². The number of hydrogen-bond donors (Lipinski definition) is 2. The lowest BCUT2D eigenvalue weighted by atomic mass is 10.2. The van der Waals surface area contributed by atoms with Crippen molar-refractivity contribution in [1.29, 1.82) is 0 Å². The molecule has 1 atom stereocenters. The molecule has 0 saturated heterocycles. The summed E-state index contributed by atoms with van der Waals surface area (Å²) in [6.45, 7) is 5.14. The first-order valence-corrected chi connectivity index (χ1v) is 8.88. The van der Waals surface area contributed by atoms with Crippen molar-refractivity contribution in [3.8, 4) is 0 Å². The molecule has 0 fully saturated rings. The van der Waals surface area contributed by atoms with E-state index in [0.29, 0.717) is 13.2 Å². The molecule has 1 unspecified atom stereocenters. The Hall–Kier alpha value is -1.64. The van der Waals surface area contributed by atoms with Crippen LogP contribution in [0.25, 0.3) is 0 Å². The van der Waals surface area contributed by atoms with Crippen molar-refractivity contribution >= 4 is 39.8 Å². The Morgan fingerprint density at radius 1 is 1.43 bits per heavy atom. The van der Waals surface area contributed by atoms with Crippen LogP contribution in [-0.2, 0) is 9.53 Å². The third-order valence-electron chi connectivity index (χ3n) is 2.92. The normalized spacial score (nSPS) is 12.0. The van der Waals surface area contributed by atoms with E-state index in [9.17, 15) is 4.79 Å². The average Bonchev–Trinajstić information content (AvgIpc) is 2.95. The van der Waals surface area contributed by atoms with Crippen LogP contribution in [0.4, 0.5) is 10.8 Å². The molecule has 1 heterocycles. The van der Waals surface area contributed by atoms with Crippen molar-refractivity contribution in [2.24, 2.45) is 0 Å². The minimum Gasteiger partial charge on any atom is -0.383 e. The molecule has 23 heavy (non-hydrogen) atoms. The number of carbonyl (C=O) groups is 1. The highest BCUT2D eigenvalue weighted by atomic mass is 32.2. The first-order chi connectivity index (χ1) is 11.1. The van der Waals surface area contributed by atoms with Gasteiger partial charge in [0.05, 0.1) is 11.9 Å². The van der Waals surface area contributed by atoms with Crippen molar-refractivity contribution in [2.45, 2.75) is 23.4 Å². The monoisotopic (exact) mass is 352 g/mol. The van der Waals surface area contributed by atoms with Crippen molar-refractivity contribution in [2.75, 3.05) is 30.9 Å². The zero-order chi connectivity index (χ0) is 16.7. The van der Waals surface area contributed by atoms with Crippen LogP contribution in [0.3, 0.4) is 0 Å². The Morgan fingerprint density at radius 3 is 3.00 bits per heavy atom. The average molecular weight is 352 g/mol. The Labute approximate surface area is 144 Å². The number of nitrogens with zero attached hydrogens (tertiary/aromatic N) is 2. The fourth-order valence-corrected chi connectivity index (χ4v) is 3.68. The minimum absolute atomic E-state index is 0.0512. The number of rotatable bonds is 8. The molecule has 1 aromatic carbocycles. The van der Waals surface area contributed by atoms with Crippen LogP contribution in [0.5, 0.6) is 0 Å². The van der Waals surface area contributed by atoms with Gasteiger partial charge >= 0.3 is 0 Å². The van der Waals surface area contributed by atoms with E-state index >= 15 is 0 Å². The second-order valence-electron chi connectivity index (χ2n) is 4.91. The first kappa shape index (κ1) is 17.7. The predicted molar refractivity (Wildman–Crippen MR) is 95.4 cm³/mol. The Morgan fingerprint density at radius 2 is 2.26 bits per heavy atom. The lowest BCUT2D eigenvalue weighted by Crippen LogP contribution is -2.22. The highest BCUT2D eigenvalue weighted by Gasteiger charge is 2.17. The topological polar surface area (TPSA) is 76.1 Å². The Kier molecular flexibility index (Phi) is 6.82. The van der Waals surface area contributed by atoms with Crippen LogP contribution in [0.15, 0.2) is 28.6 Å². The molecule has 0 aliphatic carbocycles. The molecule has 0 aliphatic rings. The highest BCUT2D eigenvalue weighted by Crippen LogP contribution is 2.29. The van der Waals surface area contributed by atoms with Gasteiger partial charge in [-0.1, -0.05) is 35.2 Å². The SMILES string of the molecule is COCCNc1nnc(SC(C)C(=O)Nc2cccc(C)c2)s1. The lowest BCUT2D eigenvalue weighted by Gasteiger charge is -2.10. The number of carbonyl (C=O) groups excluding carboxylic acids is 1. The number of hydrogen-bond acceptors (Lipinski definition) is 7. The van der Waals surface area contributed by atoms with E-state index in [0.717, 1.165) is 20.7 Å². The summed E-state index contributed by atoms with van der Waals surface area (Å²) in [5.74, 6) is -0.0512. The van der Waals surface area contributed by atoms with Gasteiger partial charge in [0.15, 0.2) is 4.34 Å². The molecule has 0 spiro atoms. The summed E-state index contributed by atoms with van der Waals surface area (Å²) < 4.78 is 5.73. The van der Waals surface area contributed by atoms with Crippen LogP contribution in [0, 0.1) is 6.92 Å². The lowest BCUT2D eigenvalue weighted by molar-refractivity contribution is -0.115. The van der Waals surface area contributed by atoms with Gasteiger partial charge in [-0.3, -0.25) is 4.79 Å². The summed E-state index contributed by atoms with van der Waals surface area (Å²) in [5.41, 5.74) is 1.92. The zero-order valence-corrected chi connectivity index (χ0v) is 15.0. The molecule has 0 saturated carbocycles. The summed E-state index contributed by atoms with van der Waals surface area (Å²) in [4.78, 5) is 12.2. The minimum atomic E-state index is -0.254. The maximum Gasteiger partial charge on any atom is 0.237 e. The molecule has 8 heteroatoms. The van der Waals surface area contributed by atoms with Gasteiger partial charge in [-0.2, -0.15) is 0 Å². The Bertz CT molecular complexity index is 648.